The minimum absolute atomic E-state index is 0.213. The number of aromatic nitrogens is 2. The average Bonchev–Trinajstić information content (AvgIpc) is 3.03. The molecule has 8 heteroatoms. The van der Waals surface area contributed by atoms with Gasteiger partial charge >= 0.3 is 0 Å². The highest BCUT2D eigenvalue weighted by atomic mass is 16.5. The van der Waals surface area contributed by atoms with Gasteiger partial charge in [0.2, 0.25) is 5.95 Å². The Labute approximate surface area is 239 Å². The van der Waals surface area contributed by atoms with Gasteiger partial charge in [-0.2, -0.15) is 0 Å². The molecule has 1 aliphatic heterocycles. The van der Waals surface area contributed by atoms with Gasteiger partial charge in [0.15, 0.2) is 0 Å². The first-order valence-electron chi connectivity index (χ1n) is 13.5. The van der Waals surface area contributed by atoms with Crippen molar-refractivity contribution in [2.75, 3.05) is 36.9 Å². The summed E-state index contributed by atoms with van der Waals surface area (Å²) in [5.41, 5.74) is 6.39. The van der Waals surface area contributed by atoms with E-state index in [4.69, 9.17) is 15.1 Å². The van der Waals surface area contributed by atoms with Crippen LogP contribution in [0.5, 0.6) is 0 Å². The van der Waals surface area contributed by atoms with E-state index in [1.807, 2.05) is 85.8 Å². The third-order valence-corrected chi connectivity index (χ3v) is 6.58. The molecule has 0 radical (unpaired) electrons. The predicted molar refractivity (Wildman–Crippen MR) is 165 cm³/mol. The summed E-state index contributed by atoms with van der Waals surface area (Å²) in [6, 6.07) is 30.7. The third kappa shape index (κ3) is 7.19. The predicted octanol–water partition coefficient (Wildman–Crippen LogP) is 6.20. The number of para-hydroxylation sites is 1. The van der Waals surface area contributed by atoms with Crippen molar-refractivity contribution in [3.63, 3.8) is 0 Å². The molecule has 6 rings (SSSR count). The molecule has 5 aromatic rings. The van der Waals surface area contributed by atoms with E-state index in [1.165, 1.54) is 6.21 Å². The molecule has 0 aliphatic carbocycles. The minimum atomic E-state index is -0.213. The van der Waals surface area contributed by atoms with Crippen molar-refractivity contribution in [1.82, 2.24) is 15.3 Å². The second-order valence-corrected chi connectivity index (χ2v) is 9.52. The van der Waals surface area contributed by atoms with Crippen LogP contribution in [0.3, 0.4) is 0 Å². The molecule has 0 bridgehead atoms. The van der Waals surface area contributed by atoms with Crippen LogP contribution in [0.2, 0.25) is 0 Å². The van der Waals surface area contributed by atoms with E-state index in [0.29, 0.717) is 17.2 Å². The molecular weight excluding hydrogens is 512 g/mol. The standard InChI is InChI=1S/C29H23N5O.C4H9NO/c1-19-11-12-20(18-30)17-26(19)32-28(35)22-13-15-23(16-14-22)31-29-33-25-10-6-5-9-24(25)27(34-29)21-7-3-2-4-8-21;1-3-6-4-2-5-1/h2-18,30H,1H3,(H,32,35)(H,31,33,34);5H,1-4H2. The van der Waals surface area contributed by atoms with Crippen LogP contribution < -0.4 is 16.0 Å². The SMILES string of the molecule is C1COCCN1.Cc1ccc(C=N)cc1NC(=O)c1ccc(Nc2nc(-c3ccccc3)c3ccccc3n2)cc1. The number of hydrogen-bond donors (Lipinski definition) is 4. The molecule has 0 spiro atoms. The lowest BCUT2D eigenvalue weighted by atomic mass is 10.1. The van der Waals surface area contributed by atoms with Gasteiger partial charge in [0.05, 0.1) is 24.4 Å². The van der Waals surface area contributed by atoms with E-state index < -0.39 is 0 Å². The van der Waals surface area contributed by atoms with Crippen molar-refractivity contribution in [3.8, 4) is 11.3 Å². The van der Waals surface area contributed by atoms with Crippen LogP contribution in [-0.4, -0.2) is 48.4 Å². The number of aryl methyl sites for hydroxylation is 1. The highest BCUT2D eigenvalue weighted by molar-refractivity contribution is 6.05. The van der Waals surface area contributed by atoms with Crippen molar-refractivity contribution < 1.29 is 9.53 Å². The van der Waals surface area contributed by atoms with Crippen LogP contribution in [-0.2, 0) is 4.74 Å². The van der Waals surface area contributed by atoms with E-state index in [0.717, 1.165) is 65.3 Å². The molecule has 1 amide bonds. The molecule has 1 aliphatic rings. The Morgan fingerprint density at radius 3 is 2.32 bits per heavy atom. The molecule has 0 saturated carbocycles. The van der Waals surface area contributed by atoms with Gasteiger partial charge in [-0.3, -0.25) is 4.79 Å². The zero-order valence-corrected chi connectivity index (χ0v) is 22.9. The van der Waals surface area contributed by atoms with E-state index in [9.17, 15) is 4.79 Å². The Morgan fingerprint density at radius 1 is 0.902 bits per heavy atom. The summed E-state index contributed by atoms with van der Waals surface area (Å²) in [6.45, 7) is 5.75. The van der Waals surface area contributed by atoms with Crippen molar-refractivity contribution >= 4 is 40.3 Å². The van der Waals surface area contributed by atoms with Gasteiger partial charge < -0.3 is 26.1 Å². The summed E-state index contributed by atoms with van der Waals surface area (Å²) >= 11 is 0. The van der Waals surface area contributed by atoms with Gasteiger partial charge in [-0.15, -0.1) is 0 Å². The molecule has 4 N–H and O–H groups in total. The first-order valence-corrected chi connectivity index (χ1v) is 13.5. The number of amides is 1. The molecule has 206 valence electrons. The third-order valence-electron chi connectivity index (χ3n) is 6.58. The smallest absolute Gasteiger partial charge is 0.255 e. The lowest BCUT2D eigenvalue weighted by Crippen LogP contribution is -2.30. The number of anilines is 3. The van der Waals surface area contributed by atoms with Crippen LogP contribution in [0.15, 0.2) is 97.1 Å². The zero-order chi connectivity index (χ0) is 28.4. The van der Waals surface area contributed by atoms with Crippen LogP contribution in [0.25, 0.3) is 22.2 Å². The minimum Gasteiger partial charge on any atom is -0.379 e. The summed E-state index contributed by atoms with van der Waals surface area (Å²) in [4.78, 5) is 22.2. The number of fused-ring (bicyclic) bond motifs is 1. The largest absolute Gasteiger partial charge is 0.379 e. The molecule has 2 heterocycles. The average molecular weight is 545 g/mol. The maximum Gasteiger partial charge on any atom is 0.255 e. The van der Waals surface area contributed by atoms with Crippen molar-refractivity contribution in [2.24, 2.45) is 0 Å². The highest BCUT2D eigenvalue weighted by Crippen LogP contribution is 2.28. The van der Waals surface area contributed by atoms with Gasteiger partial charge in [-0.05, 0) is 54.4 Å². The lowest BCUT2D eigenvalue weighted by Gasteiger charge is -2.12. The van der Waals surface area contributed by atoms with Gasteiger partial charge in [-0.25, -0.2) is 9.97 Å². The highest BCUT2D eigenvalue weighted by Gasteiger charge is 2.11. The quantitative estimate of drug-likeness (QED) is 0.189. The molecule has 1 aromatic heterocycles. The molecule has 0 unspecified atom stereocenters. The fourth-order valence-electron chi connectivity index (χ4n) is 4.36. The normalized spacial score (nSPS) is 12.6. The second-order valence-electron chi connectivity index (χ2n) is 9.52. The van der Waals surface area contributed by atoms with Crippen LogP contribution in [0.1, 0.15) is 21.5 Å². The van der Waals surface area contributed by atoms with Gasteiger partial charge in [0.1, 0.15) is 0 Å². The topological polar surface area (TPSA) is 112 Å². The van der Waals surface area contributed by atoms with Crippen LogP contribution in [0.4, 0.5) is 17.3 Å². The number of benzene rings is 4. The van der Waals surface area contributed by atoms with Gasteiger partial charge in [0.25, 0.3) is 5.91 Å². The molecule has 1 saturated heterocycles. The molecule has 0 atom stereocenters. The van der Waals surface area contributed by atoms with Crippen LogP contribution >= 0.6 is 0 Å². The Bertz CT molecular complexity index is 1620. The van der Waals surface area contributed by atoms with Crippen molar-refractivity contribution in [2.45, 2.75) is 6.92 Å². The number of carbonyl (C=O) groups is 1. The summed E-state index contributed by atoms with van der Waals surface area (Å²) in [5.74, 6) is 0.272. The molecule has 41 heavy (non-hydrogen) atoms. The number of hydrogen-bond acceptors (Lipinski definition) is 7. The maximum absolute atomic E-state index is 12.8. The van der Waals surface area contributed by atoms with Gasteiger partial charge in [-0.1, -0.05) is 60.7 Å². The van der Waals surface area contributed by atoms with E-state index in [1.54, 1.807) is 18.2 Å². The molecule has 1 fully saturated rings. The lowest BCUT2D eigenvalue weighted by molar-refractivity contribution is 0.102. The van der Waals surface area contributed by atoms with E-state index in [2.05, 4.69) is 20.9 Å². The van der Waals surface area contributed by atoms with Crippen molar-refractivity contribution in [3.05, 3.63) is 114 Å². The summed E-state index contributed by atoms with van der Waals surface area (Å²) < 4.78 is 5.01. The summed E-state index contributed by atoms with van der Waals surface area (Å²) in [6.07, 6.45) is 1.26. The summed E-state index contributed by atoms with van der Waals surface area (Å²) in [7, 11) is 0. The second kappa shape index (κ2) is 13.4. The Morgan fingerprint density at radius 2 is 1.63 bits per heavy atom. The fourth-order valence-corrected chi connectivity index (χ4v) is 4.36. The molecule has 8 nitrogen and oxygen atoms in total. The first kappa shape index (κ1) is 27.6. The van der Waals surface area contributed by atoms with Crippen molar-refractivity contribution in [1.29, 1.82) is 5.41 Å². The Balaban J connectivity index is 0.000000500. The number of carbonyl (C=O) groups excluding carboxylic acids is 1. The number of ether oxygens (including phenoxy) is 1. The van der Waals surface area contributed by atoms with E-state index >= 15 is 0 Å². The summed E-state index contributed by atoms with van der Waals surface area (Å²) in [5, 5.41) is 17.8. The molecule has 4 aromatic carbocycles. The maximum atomic E-state index is 12.8. The zero-order valence-electron chi connectivity index (χ0n) is 22.9. The van der Waals surface area contributed by atoms with E-state index in [-0.39, 0.29) is 5.91 Å². The number of nitrogens with one attached hydrogen (secondary N) is 4. The Kier molecular flexibility index (Phi) is 9.05. The van der Waals surface area contributed by atoms with Crippen LogP contribution in [0, 0.1) is 12.3 Å². The first-order chi connectivity index (χ1) is 20.1. The number of nitrogens with zero attached hydrogens (tertiary/aromatic N) is 2. The fraction of sp³-hybridized carbons (Fsp3) is 0.152. The number of morpholine rings is 1. The number of rotatable bonds is 6. The van der Waals surface area contributed by atoms with Gasteiger partial charge in [0, 0.05) is 47.2 Å². The monoisotopic (exact) mass is 544 g/mol. The molecular formula is C33H32N6O2. The Hall–Kier alpha value is -4.92.